The smallest absolute Gasteiger partial charge is 0.233 e. The zero-order valence-corrected chi connectivity index (χ0v) is 19.6. The molecule has 0 aliphatic carbocycles. The lowest BCUT2D eigenvalue weighted by atomic mass is 9.98. The number of carbonyl (C=O) groups is 1. The topological polar surface area (TPSA) is 63.9 Å². The minimum Gasteiger partial charge on any atom is -0.330 e. The van der Waals surface area contributed by atoms with Gasteiger partial charge in [0.25, 0.3) is 0 Å². The van der Waals surface area contributed by atoms with Crippen molar-refractivity contribution in [1.29, 1.82) is 0 Å². The summed E-state index contributed by atoms with van der Waals surface area (Å²) in [5.74, 6) is 0.405. The van der Waals surface area contributed by atoms with Crippen molar-refractivity contribution in [3.63, 3.8) is 0 Å². The molecule has 0 saturated carbocycles. The first-order chi connectivity index (χ1) is 15.1. The van der Waals surface area contributed by atoms with E-state index in [0.717, 1.165) is 24.2 Å². The molecular weight excluding hydrogens is 446 g/mol. The summed E-state index contributed by atoms with van der Waals surface area (Å²) >= 11 is 4.88. The Bertz CT molecular complexity index is 1210. The number of amides is 1. The fraction of sp³-hybridized carbons (Fsp3) is 0.273. The standard InChI is InChI=1S/C22H21N5OS3/c1-14-5-3-6-17(15(14)2)27-22(23-24-25-27)31-13-20(28)26-10-8-18-16(9-12-30-18)21(26)19-7-4-11-29-19/h3-7,9,11-12,21H,8,10,13H2,1-2H3. The lowest BCUT2D eigenvalue weighted by Crippen LogP contribution is -2.40. The number of aromatic nitrogens is 4. The van der Waals surface area contributed by atoms with Gasteiger partial charge in [0.15, 0.2) is 0 Å². The molecule has 0 radical (unpaired) electrons. The molecule has 31 heavy (non-hydrogen) atoms. The van der Waals surface area contributed by atoms with E-state index in [-0.39, 0.29) is 11.9 Å². The number of aryl methyl sites for hydroxylation is 1. The number of carbonyl (C=O) groups excluding carboxylic acids is 1. The molecule has 4 aromatic rings. The van der Waals surface area contributed by atoms with Crippen LogP contribution in [-0.2, 0) is 11.2 Å². The van der Waals surface area contributed by atoms with Crippen molar-refractivity contribution in [2.75, 3.05) is 12.3 Å². The Kier molecular flexibility index (Phi) is 5.64. The molecule has 9 heteroatoms. The largest absolute Gasteiger partial charge is 0.330 e. The first-order valence-corrected chi connectivity index (χ1v) is 12.7. The van der Waals surface area contributed by atoms with Crippen molar-refractivity contribution in [1.82, 2.24) is 25.1 Å². The van der Waals surface area contributed by atoms with E-state index < -0.39 is 0 Å². The number of benzene rings is 1. The van der Waals surface area contributed by atoms with Gasteiger partial charge in [0, 0.05) is 16.3 Å². The summed E-state index contributed by atoms with van der Waals surface area (Å²) in [6.07, 6.45) is 0.908. The molecule has 1 unspecified atom stereocenters. The SMILES string of the molecule is Cc1cccc(-n2nnnc2SCC(=O)N2CCc3sccc3C2c2cccs2)c1C. The third-order valence-corrected chi connectivity index (χ3v) is 8.49. The molecule has 1 aliphatic heterocycles. The molecule has 4 heterocycles. The fourth-order valence-electron chi connectivity index (χ4n) is 3.93. The van der Waals surface area contributed by atoms with E-state index in [9.17, 15) is 4.79 Å². The van der Waals surface area contributed by atoms with E-state index in [1.165, 1.54) is 32.6 Å². The molecule has 0 N–H and O–H groups in total. The van der Waals surface area contributed by atoms with Gasteiger partial charge in [0.2, 0.25) is 11.1 Å². The Morgan fingerprint density at radius 3 is 2.90 bits per heavy atom. The maximum Gasteiger partial charge on any atom is 0.233 e. The van der Waals surface area contributed by atoms with Crippen molar-refractivity contribution in [3.05, 3.63) is 73.6 Å². The van der Waals surface area contributed by atoms with Crippen LogP contribution in [0.5, 0.6) is 0 Å². The predicted octanol–water partition coefficient (Wildman–Crippen LogP) is 4.67. The second kappa shape index (κ2) is 8.57. The van der Waals surface area contributed by atoms with Crippen LogP contribution >= 0.6 is 34.4 Å². The van der Waals surface area contributed by atoms with Crippen molar-refractivity contribution >= 4 is 40.3 Å². The summed E-state index contributed by atoms with van der Waals surface area (Å²) in [6, 6.07) is 12.4. The summed E-state index contributed by atoms with van der Waals surface area (Å²) < 4.78 is 1.73. The van der Waals surface area contributed by atoms with Gasteiger partial charge >= 0.3 is 0 Å². The third kappa shape index (κ3) is 3.81. The Labute approximate surface area is 192 Å². The van der Waals surface area contributed by atoms with E-state index in [2.05, 4.69) is 64.4 Å². The maximum atomic E-state index is 13.3. The molecule has 0 fully saturated rings. The number of nitrogens with zero attached hydrogens (tertiary/aromatic N) is 5. The predicted molar refractivity (Wildman–Crippen MR) is 125 cm³/mol. The minimum atomic E-state index is -0.00175. The summed E-state index contributed by atoms with van der Waals surface area (Å²) in [5, 5.41) is 17.0. The Hall–Kier alpha value is -2.49. The molecule has 0 saturated heterocycles. The van der Waals surface area contributed by atoms with Gasteiger partial charge in [-0.2, -0.15) is 4.68 Å². The van der Waals surface area contributed by atoms with Gasteiger partial charge in [-0.15, -0.1) is 27.8 Å². The lowest BCUT2D eigenvalue weighted by Gasteiger charge is -2.35. The molecule has 1 atom stereocenters. The normalized spacial score (nSPS) is 15.8. The van der Waals surface area contributed by atoms with Crippen LogP contribution in [0.3, 0.4) is 0 Å². The van der Waals surface area contributed by atoms with Crippen LogP contribution in [0.15, 0.2) is 52.3 Å². The van der Waals surface area contributed by atoms with Crippen molar-refractivity contribution in [2.24, 2.45) is 0 Å². The fourth-order valence-corrected chi connectivity index (χ4v) is 6.46. The number of rotatable bonds is 5. The Morgan fingerprint density at radius 1 is 1.16 bits per heavy atom. The molecule has 5 rings (SSSR count). The van der Waals surface area contributed by atoms with Crippen LogP contribution in [0.4, 0.5) is 0 Å². The van der Waals surface area contributed by atoms with E-state index in [4.69, 9.17) is 0 Å². The van der Waals surface area contributed by atoms with Gasteiger partial charge in [-0.25, -0.2) is 0 Å². The molecule has 1 aliphatic rings. The van der Waals surface area contributed by atoms with E-state index >= 15 is 0 Å². The highest BCUT2D eigenvalue weighted by atomic mass is 32.2. The highest BCUT2D eigenvalue weighted by Crippen LogP contribution is 2.39. The lowest BCUT2D eigenvalue weighted by molar-refractivity contribution is -0.130. The van der Waals surface area contributed by atoms with E-state index in [1.54, 1.807) is 27.4 Å². The third-order valence-electron chi connectivity index (χ3n) is 5.67. The number of thiophene rings is 2. The molecule has 3 aromatic heterocycles. The highest BCUT2D eigenvalue weighted by molar-refractivity contribution is 7.99. The van der Waals surface area contributed by atoms with Gasteiger partial charge in [0.1, 0.15) is 0 Å². The van der Waals surface area contributed by atoms with Crippen molar-refractivity contribution in [2.45, 2.75) is 31.5 Å². The van der Waals surface area contributed by atoms with E-state index in [0.29, 0.717) is 10.9 Å². The van der Waals surface area contributed by atoms with Gasteiger partial charge in [-0.3, -0.25) is 4.79 Å². The number of hydrogen-bond donors (Lipinski definition) is 0. The summed E-state index contributed by atoms with van der Waals surface area (Å²) in [4.78, 5) is 17.9. The molecule has 158 valence electrons. The highest BCUT2D eigenvalue weighted by Gasteiger charge is 2.33. The van der Waals surface area contributed by atoms with Crippen LogP contribution in [0, 0.1) is 13.8 Å². The van der Waals surface area contributed by atoms with Gasteiger partial charge in [0.05, 0.1) is 17.5 Å². The van der Waals surface area contributed by atoms with Crippen LogP contribution in [0.25, 0.3) is 5.69 Å². The van der Waals surface area contributed by atoms with Crippen LogP contribution in [0.2, 0.25) is 0 Å². The second-order valence-corrected chi connectivity index (χ2v) is 10.4. The zero-order chi connectivity index (χ0) is 21.4. The average molecular weight is 468 g/mol. The summed E-state index contributed by atoms with van der Waals surface area (Å²) in [6.45, 7) is 4.86. The van der Waals surface area contributed by atoms with Gasteiger partial charge in [-0.1, -0.05) is 30.0 Å². The Morgan fingerprint density at radius 2 is 2.06 bits per heavy atom. The van der Waals surface area contributed by atoms with Crippen molar-refractivity contribution < 1.29 is 4.79 Å². The molecule has 1 aromatic carbocycles. The van der Waals surface area contributed by atoms with Crippen molar-refractivity contribution in [3.8, 4) is 5.69 Å². The number of thioether (sulfide) groups is 1. The average Bonchev–Trinajstić information content (AvgIpc) is 3.54. The number of hydrogen-bond acceptors (Lipinski definition) is 7. The second-order valence-electron chi connectivity index (χ2n) is 7.44. The first-order valence-electron chi connectivity index (χ1n) is 10.0. The number of fused-ring (bicyclic) bond motifs is 1. The quantitative estimate of drug-likeness (QED) is 0.399. The Balaban J connectivity index is 1.37. The van der Waals surface area contributed by atoms with Crippen LogP contribution in [-0.4, -0.2) is 43.3 Å². The minimum absolute atomic E-state index is 0.00175. The van der Waals surface area contributed by atoms with E-state index in [1.807, 2.05) is 17.0 Å². The molecular formula is C22H21N5OS3. The first kappa shape index (κ1) is 20.4. The zero-order valence-electron chi connectivity index (χ0n) is 17.2. The molecule has 6 nitrogen and oxygen atoms in total. The molecule has 0 spiro atoms. The molecule has 1 amide bonds. The summed E-state index contributed by atoms with van der Waals surface area (Å²) in [5.41, 5.74) is 4.51. The molecule has 0 bridgehead atoms. The van der Waals surface area contributed by atoms with Crippen LogP contribution < -0.4 is 0 Å². The van der Waals surface area contributed by atoms with Gasteiger partial charge < -0.3 is 4.90 Å². The van der Waals surface area contributed by atoms with Gasteiger partial charge in [-0.05, 0) is 76.3 Å². The maximum absolute atomic E-state index is 13.3. The van der Waals surface area contributed by atoms with Crippen LogP contribution in [0.1, 0.15) is 32.5 Å². The summed E-state index contributed by atoms with van der Waals surface area (Å²) in [7, 11) is 0. The number of tetrazole rings is 1. The monoisotopic (exact) mass is 467 g/mol.